The van der Waals surface area contributed by atoms with E-state index in [1.54, 1.807) is 49.6 Å². The first kappa shape index (κ1) is 18.3. The molecule has 1 aliphatic rings. The molecular weight excluding hydrogens is 348 g/mol. The molecule has 0 aliphatic carbocycles. The maximum atomic E-state index is 12.7. The molecular formula is C20H20N2O5. The lowest BCUT2D eigenvalue weighted by Crippen LogP contribution is -2.28. The number of ether oxygens (including phenoxy) is 3. The minimum Gasteiger partial charge on any atom is -0.497 e. The van der Waals surface area contributed by atoms with Crippen molar-refractivity contribution in [2.45, 2.75) is 0 Å². The fourth-order valence-electron chi connectivity index (χ4n) is 2.89. The van der Waals surface area contributed by atoms with Gasteiger partial charge in [-0.2, -0.15) is 0 Å². The number of nitrogens with zero attached hydrogens (tertiary/aromatic N) is 1. The van der Waals surface area contributed by atoms with Gasteiger partial charge in [-0.15, -0.1) is 0 Å². The number of imide groups is 1. The molecule has 1 N–H and O–H groups in total. The van der Waals surface area contributed by atoms with E-state index in [4.69, 9.17) is 14.2 Å². The standard InChI is InChI=1S/C20H20N2O5/c1-22-19(23)17(13-7-5-6-8-15(13)26-3)18(20(22)24)21-14-10-9-12(25-2)11-16(14)27-4/h5-11,21H,1-4H3. The van der Waals surface area contributed by atoms with Crippen molar-refractivity contribution >= 4 is 23.1 Å². The molecule has 0 unspecified atom stereocenters. The van der Waals surface area contributed by atoms with E-state index in [2.05, 4.69) is 5.32 Å². The quantitative estimate of drug-likeness (QED) is 0.790. The molecule has 140 valence electrons. The molecule has 3 rings (SSSR count). The van der Waals surface area contributed by atoms with Crippen LogP contribution in [0.3, 0.4) is 0 Å². The van der Waals surface area contributed by atoms with Crippen molar-refractivity contribution in [2.75, 3.05) is 33.7 Å². The molecule has 0 radical (unpaired) electrons. The number of rotatable bonds is 6. The Morgan fingerprint density at radius 3 is 2.22 bits per heavy atom. The zero-order chi connectivity index (χ0) is 19.6. The third-order valence-corrected chi connectivity index (χ3v) is 4.33. The van der Waals surface area contributed by atoms with Crippen molar-refractivity contribution in [1.29, 1.82) is 0 Å². The number of anilines is 1. The van der Waals surface area contributed by atoms with E-state index in [1.807, 2.05) is 0 Å². The Morgan fingerprint density at radius 2 is 1.56 bits per heavy atom. The largest absolute Gasteiger partial charge is 0.497 e. The van der Waals surface area contributed by atoms with E-state index in [9.17, 15) is 9.59 Å². The lowest BCUT2D eigenvalue weighted by Gasteiger charge is -2.14. The van der Waals surface area contributed by atoms with E-state index >= 15 is 0 Å². The Balaban J connectivity index is 2.13. The molecule has 0 saturated carbocycles. The van der Waals surface area contributed by atoms with Gasteiger partial charge in [0.2, 0.25) is 0 Å². The highest BCUT2D eigenvalue weighted by molar-refractivity contribution is 6.36. The summed E-state index contributed by atoms with van der Waals surface area (Å²) < 4.78 is 15.9. The Kier molecular flexibility index (Phi) is 5.03. The van der Waals surface area contributed by atoms with Gasteiger partial charge in [0.1, 0.15) is 22.9 Å². The Hall–Kier alpha value is -3.48. The van der Waals surface area contributed by atoms with Crippen LogP contribution in [0.2, 0.25) is 0 Å². The smallest absolute Gasteiger partial charge is 0.277 e. The molecule has 0 bridgehead atoms. The molecule has 0 saturated heterocycles. The minimum atomic E-state index is -0.432. The first-order valence-electron chi connectivity index (χ1n) is 8.21. The summed E-state index contributed by atoms with van der Waals surface area (Å²) in [5.74, 6) is 0.765. The topological polar surface area (TPSA) is 77.1 Å². The molecule has 7 nitrogen and oxygen atoms in total. The molecule has 0 aromatic heterocycles. The molecule has 7 heteroatoms. The summed E-state index contributed by atoms with van der Waals surface area (Å²) in [5, 5.41) is 3.05. The Labute approximate surface area is 157 Å². The van der Waals surface area contributed by atoms with E-state index in [0.717, 1.165) is 4.90 Å². The second-order valence-electron chi connectivity index (χ2n) is 5.81. The summed E-state index contributed by atoms with van der Waals surface area (Å²) in [6.07, 6.45) is 0. The highest BCUT2D eigenvalue weighted by Crippen LogP contribution is 2.37. The van der Waals surface area contributed by atoms with Gasteiger partial charge in [0, 0.05) is 18.7 Å². The van der Waals surface area contributed by atoms with Crippen LogP contribution in [0.15, 0.2) is 48.2 Å². The number of para-hydroxylation sites is 1. The fraction of sp³-hybridized carbons (Fsp3) is 0.200. The Bertz CT molecular complexity index is 936. The minimum absolute atomic E-state index is 0.162. The van der Waals surface area contributed by atoms with Crippen LogP contribution in [0.1, 0.15) is 5.56 Å². The van der Waals surface area contributed by atoms with Gasteiger partial charge in [-0.25, -0.2) is 0 Å². The summed E-state index contributed by atoms with van der Waals surface area (Å²) in [5.41, 5.74) is 1.49. The van der Waals surface area contributed by atoms with Crippen molar-refractivity contribution < 1.29 is 23.8 Å². The highest BCUT2D eigenvalue weighted by atomic mass is 16.5. The fourth-order valence-corrected chi connectivity index (χ4v) is 2.89. The summed E-state index contributed by atoms with van der Waals surface area (Å²) in [6, 6.07) is 12.2. The molecule has 1 heterocycles. The molecule has 0 atom stereocenters. The summed E-state index contributed by atoms with van der Waals surface area (Å²) >= 11 is 0. The van der Waals surface area contributed by atoms with Crippen molar-refractivity contribution in [2.24, 2.45) is 0 Å². The van der Waals surface area contributed by atoms with Crippen LogP contribution in [0.5, 0.6) is 17.2 Å². The summed E-state index contributed by atoms with van der Waals surface area (Å²) in [6.45, 7) is 0. The van der Waals surface area contributed by atoms with Gasteiger partial charge in [-0.3, -0.25) is 14.5 Å². The van der Waals surface area contributed by atoms with Crippen LogP contribution >= 0.6 is 0 Å². The van der Waals surface area contributed by atoms with Crippen LogP contribution in [0.25, 0.3) is 5.57 Å². The first-order chi connectivity index (χ1) is 13.0. The van der Waals surface area contributed by atoms with Gasteiger partial charge in [-0.1, -0.05) is 18.2 Å². The predicted octanol–water partition coefficient (Wildman–Crippen LogP) is 2.53. The summed E-state index contributed by atoms with van der Waals surface area (Å²) in [4.78, 5) is 26.5. The van der Waals surface area contributed by atoms with Crippen LogP contribution in [0.4, 0.5) is 5.69 Å². The van der Waals surface area contributed by atoms with Crippen LogP contribution in [-0.4, -0.2) is 45.1 Å². The normalized spacial score (nSPS) is 13.9. The van der Waals surface area contributed by atoms with E-state index in [1.165, 1.54) is 21.3 Å². The van der Waals surface area contributed by atoms with Crippen molar-refractivity contribution in [3.63, 3.8) is 0 Å². The van der Waals surface area contributed by atoms with Gasteiger partial charge in [0.15, 0.2) is 0 Å². The summed E-state index contributed by atoms with van der Waals surface area (Å²) in [7, 11) is 6.03. The molecule has 1 aliphatic heterocycles. The number of benzene rings is 2. The molecule has 2 aromatic carbocycles. The number of hydrogen-bond acceptors (Lipinski definition) is 6. The molecule has 2 aromatic rings. The van der Waals surface area contributed by atoms with Gasteiger partial charge in [-0.05, 0) is 18.2 Å². The van der Waals surface area contributed by atoms with E-state index in [-0.39, 0.29) is 11.3 Å². The lowest BCUT2D eigenvalue weighted by molar-refractivity contribution is -0.135. The first-order valence-corrected chi connectivity index (χ1v) is 8.21. The number of amides is 2. The van der Waals surface area contributed by atoms with Crippen molar-refractivity contribution in [1.82, 2.24) is 4.90 Å². The second kappa shape index (κ2) is 7.41. The van der Waals surface area contributed by atoms with Gasteiger partial charge >= 0.3 is 0 Å². The monoisotopic (exact) mass is 368 g/mol. The zero-order valence-electron chi connectivity index (χ0n) is 15.5. The second-order valence-corrected chi connectivity index (χ2v) is 5.81. The van der Waals surface area contributed by atoms with Gasteiger partial charge in [0.25, 0.3) is 11.8 Å². The van der Waals surface area contributed by atoms with E-state index in [0.29, 0.717) is 28.5 Å². The maximum absolute atomic E-state index is 12.7. The number of likely N-dealkylation sites (N-methyl/N-ethyl adjacent to an activating group) is 1. The van der Waals surface area contributed by atoms with Crippen LogP contribution < -0.4 is 19.5 Å². The SMILES string of the molecule is COc1ccc(NC2=C(c3ccccc3OC)C(=O)N(C)C2=O)c(OC)c1. The highest BCUT2D eigenvalue weighted by Gasteiger charge is 2.38. The molecule has 27 heavy (non-hydrogen) atoms. The molecule has 0 fully saturated rings. The molecule has 0 spiro atoms. The number of carbonyl (C=O) groups is 2. The predicted molar refractivity (Wildman–Crippen MR) is 101 cm³/mol. The third-order valence-electron chi connectivity index (χ3n) is 4.33. The molecule has 2 amide bonds. The number of carbonyl (C=O) groups excluding carboxylic acids is 2. The van der Waals surface area contributed by atoms with Crippen LogP contribution in [-0.2, 0) is 9.59 Å². The van der Waals surface area contributed by atoms with E-state index < -0.39 is 11.8 Å². The number of hydrogen-bond donors (Lipinski definition) is 1. The number of methoxy groups -OCH3 is 3. The van der Waals surface area contributed by atoms with Gasteiger partial charge < -0.3 is 19.5 Å². The lowest BCUT2D eigenvalue weighted by atomic mass is 10.0. The maximum Gasteiger partial charge on any atom is 0.277 e. The van der Waals surface area contributed by atoms with Crippen molar-refractivity contribution in [3.05, 3.63) is 53.7 Å². The van der Waals surface area contributed by atoms with Crippen LogP contribution in [0, 0.1) is 0 Å². The Morgan fingerprint density at radius 1 is 0.852 bits per heavy atom. The average Bonchev–Trinajstić information content (AvgIpc) is 2.91. The third kappa shape index (κ3) is 3.19. The van der Waals surface area contributed by atoms with Crippen molar-refractivity contribution in [3.8, 4) is 17.2 Å². The number of nitrogens with one attached hydrogen (secondary N) is 1. The van der Waals surface area contributed by atoms with Gasteiger partial charge in [0.05, 0.1) is 32.6 Å². The average molecular weight is 368 g/mol. The zero-order valence-corrected chi connectivity index (χ0v) is 15.5.